The zero-order valence-corrected chi connectivity index (χ0v) is 16.3. The summed E-state index contributed by atoms with van der Waals surface area (Å²) in [4.78, 5) is 12.6. The molecule has 0 amide bonds. The molecule has 0 spiro atoms. The van der Waals surface area contributed by atoms with E-state index in [9.17, 15) is 4.79 Å². The van der Waals surface area contributed by atoms with Crippen molar-refractivity contribution in [3.63, 3.8) is 0 Å². The van der Waals surface area contributed by atoms with Gasteiger partial charge in [0.25, 0.3) is 0 Å². The van der Waals surface area contributed by atoms with Gasteiger partial charge in [0.2, 0.25) is 0 Å². The highest BCUT2D eigenvalue weighted by Crippen LogP contribution is 2.21. The van der Waals surface area contributed by atoms with Crippen LogP contribution in [0.15, 0.2) is 65.1 Å². The van der Waals surface area contributed by atoms with Crippen LogP contribution in [0.5, 0.6) is 0 Å². The van der Waals surface area contributed by atoms with Gasteiger partial charge in [-0.25, -0.2) is 0 Å². The van der Waals surface area contributed by atoms with E-state index >= 15 is 0 Å². The van der Waals surface area contributed by atoms with Crippen molar-refractivity contribution in [2.75, 3.05) is 13.2 Å². The summed E-state index contributed by atoms with van der Waals surface area (Å²) in [5, 5.41) is 0. The van der Waals surface area contributed by atoms with Crippen molar-refractivity contribution in [2.45, 2.75) is 32.0 Å². The van der Waals surface area contributed by atoms with E-state index in [1.807, 2.05) is 54.6 Å². The van der Waals surface area contributed by atoms with Crippen molar-refractivity contribution < 1.29 is 14.3 Å². The first-order valence-corrected chi connectivity index (χ1v) is 9.81. The SMILES string of the molecule is O=C(/C=C(\CCOC1CCCCO1)c1ccccc1)c1ccc(Br)cc1. The molecule has 0 aliphatic carbocycles. The average molecular weight is 415 g/mol. The Balaban J connectivity index is 1.70. The van der Waals surface area contributed by atoms with Crippen LogP contribution in [0.1, 0.15) is 41.6 Å². The summed E-state index contributed by atoms with van der Waals surface area (Å²) in [6, 6.07) is 17.4. The third-order valence-electron chi connectivity index (χ3n) is 4.39. The summed E-state index contributed by atoms with van der Waals surface area (Å²) in [6.07, 6.45) is 5.49. The maximum absolute atomic E-state index is 12.6. The Bertz CT molecular complexity index is 732. The first-order valence-electron chi connectivity index (χ1n) is 9.01. The molecule has 0 aromatic heterocycles. The predicted octanol–water partition coefficient (Wildman–Crippen LogP) is 5.65. The quantitative estimate of drug-likeness (QED) is 0.433. The standard InChI is InChI=1S/C22H23BrO3/c23-20-11-9-18(10-12-20)21(24)16-19(17-6-2-1-3-7-17)13-15-26-22-8-4-5-14-25-22/h1-3,6-7,9-12,16,22H,4-5,8,13-15H2/b19-16+. The molecular weight excluding hydrogens is 392 g/mol. The fraction of sp³-hybridized carbons (Fsp3) is 0.318. The number of carbonyl (C=O) groups is 1. The number of carbonyl (C=O) groups excluding carboxylic acids is 1. The summed E-state index contributed by atoms with van der Waals surface area (Å²) in [5.74, 6) is 0.00488. The minimum Gasteiger partial charge on any atom is -0.353 e. The van der Waals surface area contributed by atoms with Crippen LogP contribution in [-0.4, -0.2) is 25.3 Å². The Kier molecular flexibility index (Phi) is 7.18. The lowest BCUT2D eigenvalue weighted by molar-refractivity contribution is -0.161. The molecule has 2 aromatic carbocycles. The second-order valence-electron chi connectivity index (χ2n) is 6.32. The minimum atomic E-state index is -0.108. The van der Waals surface area contributed by atoms with Gasteiger partial charge in [-0.2, -0.15) is 0 Å². The van der Waals surface area contributed by atoms with Gasteiger partial charge in [0.15, 0.2) is 12.1 Å². The van der Waals surface area contributed by atoms with Crippen molar-refractivity contribution in [3.8, 4) is 0 Å². The predicted molar refractivity (Wildman–Crippen MR) is 107 cm³/mol. The summed E-state index contributed by atoms with van der Waals surface area (Å²) in [7, 11) is 0. The van der Waals surface area contributed by atoms with Crippen molar-refractivity contribution >= 4 is 27.3 Å². The molecule has 1 aliphatic rings. The van der Waals surface area contributed by atoms with Crippen molar-refractivity contribution in [3.05, 3.63) is 76.3 Å². The largest absolute Gasteiger partial charge is 0.353 e. The van der Waals surface area contributed by atoms with Crippen molar-refractivity contribution in [2.24, 2.45) is 0 Å². The molecule has 4 heteroatoms. The van der Waals surface area contributed by atoms with Gasteiger partial charge < -0.3 is 9.47 Å². The second-order valence-corrected chi connectivity index (χ2v) is 7.24. The molecule has 1 heterocycles. The molecule has 0 radical (unpaired) electrons. The summed E-state index contributed by atoms with van der Waals surface area (Å²) in [6.45, 7) is 1.31. The summed E-state index contributed by atoms with van der Waals surface area (Å²) < 4.78 is 12.4. The Labute approximate surface area is 163 Å². The number of rotatable bonds is 7. The highest BCUT2D eigenvalue weighted by atomic mass is 79.9. The van der Waals surface area contributed by atoms with Crippen LogP contribution in [-0.2, 0) is 9.47 Å². The lowest BCUT2D eigenvalue weighted by Crippen LogP contribution is -2.22. The monoisotopic (exact) mass is 414 g/mol. The van der Waals surface area contributed by atoms with E-state index in [0.29, 0.717) is 18.6 Å². The normalized spacial score (nSPS) is 17.9. The number of ether oxygens (including phenoxy) is 2. The Morgan fingerprint density at radius 2 is 1.85 bits per heavy atom. The van der Waals surface area contributed by atoms with Gasteiger partial charge >= 0.3 is 0 Å². The van der Waals surface area contributed by atoms with E-state index in [0.717, 1.165) is 41.5 Å². The van der Waals surface area contributed by atoms with E-state index in [2.05, 4.69) is 15.9 Å². The van der Waals surface area contributed by atoms with E-state index in [1.165, 1.54) is 0 Å². The maximum atomic E-state index is 12.6. The smallest absolute Gasteiger partial charge is 0.186 e. The average Bonchev–Trinajstić information content (AvgIpc) is 2.69. The zero-order valence-electron chi connectivity index (χ0n) is 14.7. The van der Waals surface area contributed by atoms with Crippen LogP contribution in [0.4, 0.5) is 0 Å². The first-order chi connectivity index (χ1) is 12.7. The van der Waals surface area contributed by atoms with Crippen LogP contribution in [0.3, 0.4) is 0 Å². The van der Waals surface area contributed by atoms with Gasteiger partial charge in [0.05, 0.1) is 6.61 Å². The Morgan fingerprint density at radius 3 is 2.54 bits per heavy atom. The first kappa shape index (κ1) is 19.0. The van der Waals surface area contributed by atoms with Gasteiger partial charge in [0, 0.05) is 16.6 Å². The maximum Gasteiger partial charge on any atom is 0.186 e. The summed E-state index contributed by atoms with van der Waals surface area (Å²) >= 11 is 3.40. The number of benzene rings is 2. The molecule has 3 rings (SSSR count). The van der Waals surface area contributed by atoms with Crippen LogP contribution in [0.2, 0.25) is 0 Å². The van der Waals surface area contributed by atoms with Crippen molar-refractivity contribution in [1.82, 2.24) is 0 Å². The number of hydrogen-bond donors (Lipinski definition) is 0. The van der Waals surface area contributed by atoms with E-state index in [-0.39, 0.29) is 12.1 Å². The third-order valence-corrected chi connectivity index (χ3v) is 4.92. The molecule has 3 nitrogen and oxygen atoms in total. The number of allylic oxidation sites excluding steroid dienone is 1. The van der Waals surface area contributed by atoms with Crippen molar-refractivity contribution in [1.29, 1.82) is 0 Å². The highest BCUT2D eigenvalue weighted by Gasteiger charge is 2.14. The minimum absolute atomic E-state index is 0.00488. The molecule has 1 saturated heterocycles. The molecule has 0 bridgehead atoms. The van der Waals surface area contributed by atoms with Gasteiger partial charge in [-0.15, -0.1) is 0 Å². The van der Waals surface area contributed by atoms with Gasteiger partial charge in [-0.05, 0) is 67.2 Å². The van der Waals surface area contributed by atoms with E-state index in [4.69, 9.17) is 9.47 Å². The van der Waals surface area contributed by atoms with Crippen LogP contribution in [0.25, 0.3) is 5.57 Å². The molecule has 1 aliphatic heterocycles. The van der Waals surface area contributed by atoms with Gasteiger partial charge in [-0.1, -0.05) is 46.3 Å². The molecule has 1 unspecified atom stereocenters. The fourth-order valence-corrected chi connectivity index (χ4v) is 3.22. The molecule has 0 saturated carbocycles. The fourth-order valence-electron chi connectivity index (χ4n) is 2.95. The number of hydrogen-bond acceptors (Lipinski definition) is 3. The zero-order chi connectivity index (χ0) is 18.2. The lowest BCUT2D eigenvalue weighted by Gasteiger charge is -2.23. The third kappa shape index (κ3) is 5.63. The molecule has 2 aromatic rings. The molecular formula is C22H23BrO3. The molecule has 26 heavy (non-hydrogen) atoms. The molecule has 1 fully saturated rings. The Hall–Kier alpha value is -1.75. The number of halogens is 1. The van der Waals surface area contributed by atoms with Crippen LogP contribution >= 0.6 is 15.9 Å². The topological polar surface area (TPSA) is 35.5 Å². The highest BCUT2D eigenvalue weighted by molar-refractivity contribution is 9.10. The van der Waals surface area contributed by atoms with Gasteiger partial charge in [0.1, 0.15) is 0 Å². The molecule has 0 N–H and O–H groups in total. The lowest BCUT2D eigenvalue weighted by atomic mass is 9.99. The molecule has 136 valence electrons. The van der Waals surface area contributed by atoms with Gasteiger partial charge in [-0.3, -0.25) is 4.79 Å². The number of ketones is 1. The Morgan fingerprint density at radius 1 is 1.08 bits per heavy atom. The molecule has 1 atom stereocenters. The summed E-state index contributed by atoms with van der Waals surface area (Å²) in [5.41, 5.74) is 2.71. The van der Waals surface area contributed by atoms with Crippen LogP contribution in [0, 0.1) is 0 Å². The van der Waals surface area contributed by atoms with Crippen LogP contribution < -0.4 is 0 Å². The second kappa shape index (κ2) is 9.81. The van der Waals surface area contributed by atoms with E-state index in [1.54, 1.807) is 6.08 Å². The van der Waals surface area contributed by atoms with E-state index < -0.39 is 0 Å².